The number of rotatable bonds is 7. The summed E-state index contributed by atoms with van der Waals surface area (Å²) in [6.07, 6.45) is -1.45. The van der Waals surface area contributed by atoms with Crippen LogP contribution in [0, 0.1) is 19.7 Å². The molecule has 3 N–H and O–H groups in total. The lowest BCUT2D eigenvalue weighted by molar-refractivity contribution is -0.154. The smallest absolute Gasteiger partial charge is 0.322 e. The highest BCUT2D eigenvalue weighted by atomic mass is 32.2. The third kappa shape index (κ3) is 5.35. The minimum absolute atomic E-state index is 0.00314. The Balaban J connectivity index is 2.06. The number of esters is 1. The Morgan fingerprint density at radius 1 is 1.11 bits per heavy atom. The molecule has 9 heteroatoms. The molecule has 2 aromatic rings. The number of hydrogen-bond acceptors (Lipinski definition) is 5. The normalized spacial score (nSPS) is 12.4. The predicted octanol–water partition coefficient (Wildman–Crippen LogP) is 1.49. The van der Waals surface area contributed by atoms with Gasteiger partial charge in [-0.3, -0.25) is 9.59 Å². The van der Waals surface area contributed by atoms with Crippen molar-refractivity contribution < 1.29 is 27.1 Å². The fraction of sp³-hybridized carbons (Fsp3) is 0.222. The number of hydrogen-bond donors (Lipinski definition) is 2. The quantitative estimate of drug-likeness (QED) is 0.691. The fourth-order valence-electron chi connectivity index (χ4n) is 2.22. The highest BCUT2D eigenvalue weighted by Crippen LogP contribution is 2.18. The van der Waals surface area contributed by atoms with E-state index in [0.29, 0.717) is 0 Å². The standard InChI is InChI=1S/C18H19FN2O5S/c1-11-3-8-15(9-12(11)2)27(24,25)21-10-16(22)26-17(18(20)23)13-4-6-14(19)7-5-13/h3-9,17,21H,10H2,1-2H3,(H2,20,23). The molecule has 0 spiro atoms. The van der Waals surface area contributed by atoms with Crippen LogP contribution in [0.15, 0.2) is 47.4 Å². The van der Waals surface area contributed by atoms with Gasteiger partial charge in [0.1, 0.15) is 12.4 Å². The van der Waals surface area contributed by atoms with Crippen LogP contribution in [-0.2, 0) is 24.3 Å². The van der Waals surface area contributed by atoms with Gasteiger partial charge in [0.15, 0.2) is 0 Å². The number of benzene rings is 2. The number of primary amides is 1. The first-order valence-corrected chi connectivity index (χ1v) is 9.39. The second-order valence-electron chi connectivity index (χ2n) is 5.89. The van der Waals surface area contributed by atoms with E-state index in [1.807, 2.05) is 6.92 Å². The zero-order chi connectivity index (χ0) is 20.2. The van der Waals surface area contributed by atoms with Crippen LogP contribution in [0.4, 0.5) is 4.39 Å². The molecule has 0 aliphatic heterocycles. The van der Waals surface area contributed by atoms with Crippen molar-refractivity contribution in [3.63, 3.8) is 0 Å². The Labute approximate surface area is 156 Å². The number of carbonyl (C=O) groups is 2. The fourth-order valence-corrected chi connectivity index (χ4v) is 3.27. The summed E-state index contributed by atoms with van der Waals surface area (Å²) < 4.78 is 44.6. The number of halogens is 1. The van der Waals surface area contributed by atoms with Crippen molar-refractivity contribution in [1.82, 2.24) is 4.72 Å². The molecule has 0 saturated heterocycles. The summed E-state index contributed by atoms with van der Waals surface area (Å²) in [5.74, 6) is -2.50. The number of nitrogens with two attached hydrogens (primary N) is 1. The van der Waals surface area contributed by atoms with Gasteiger partial charge in [0, 0.05) is 5.56 Å². The number of amides is 1. The van der Waals surface area contributed by atoms with Crippen LogP contribution in [0.1, 0.15) is 22.8 Å². The first kappa shape index (κ1) is 20.5. The van der Waals surface area contributed by atoms with E-state index in [-0.39, 0.29) is 10.5 Å². The van der Waals surface area contributed by atoms with Gasteiger partial charge in [-0.25, -0.2) is 12.8 Å². The van der Waals surface area contributed by atoms with E-state index in [1.165, 1.54) is 24.3 Å². The molecular weight excluding hydrogens is 375 g/mol. The molecule has 0 heterocycles. The average molecular weight is 394 g/mol. The molecular formula is C18H19FN2O5S. The van der Waals surface area contributed by atoms with E-state index in [1.54, 1.807) is 13.0 Å². The molecule has 0 fully saturated rings. The first-order chi connectivity index (χ1) is 12.6. The molecule has 0 aliphatic carbocycles. The largest absolute Gasteiger partial charge is 0.446 e. The average Bonchev–Trinajstić information content (AvgIpc) is 2.61. The second-order valence-corrected chi connectivity index (χ2v) is 7.66. The van der Waals surface area contributed by atoms with E-state index in [0.717, 1.165) is 23.3 Å². The van der Waals surface area contributed by atoms with Gasteiger partial charge in [0.2, 0.25) is 16.1 Å². The summed E-state index contributed by atoms with van der Waals surface area (Å²) in [7, 11) is -3.94. The van der Waals surface area contributed by atoms with E-state index >= 15 is 0 Å². The van der Waals surface area contributed by atoms with Gasteiger partial charge >= 0.3 is 5.97 Å². The summed E-state index contributed by atoms with van der Waals surface area (Å²) in [6, 6.07) is 9.21. The number of aryl methyl sites for hydroxylation is 2. The van der Waals surface area contributed by atoms with Gasteiger partial charge in [-0.2, -0.15) is 4.72 Å². The summed E-state index contributed by atoms with van der Waals surface area (Å²) in [6.45, 7) is 2.92. The van der Waals surface area contributed by atoms with Crippen LogP contribution < -0.4 is 10.5 Å². The van der Waals surface area contributed by atoms with Crippen LogP contribution >= 0.6 is 0 Å². The lowest BCUT2D eigenvalue weighted by Gasteiger charge is -2.15. The summed E-state index contributed by atoms with van der Waals surface area (Å²) >= 11 is 0. The summed E-state index contributed by atoms with van der Waals surface area (Å²) in [5.41, 5.74) is 7.10. The summed E-state index contributed by atoms with van der Waals surface area (Å²) in [5, 5.41) is 0. The Morgan fingerprint density at radius 3 is 2.30 bits per heavy atom. The van der Waals surface area contributed by atoms with E-state index in [2.05, 4.69) is 4.72 Å². The lowest BCUT2D eigenvalue weighted by atomic mass is 10.1. The highest BCUT2D eigenvalue weighted by molar-refractivity contribution is 7.89. The Morgan fingerprint density at radius 2 is 1.74 bits per heavy atom. The van der Waals surface area contributed by atoms with E-state index in [4.69, 9.17) is 10.5 Å². The van der Waals surface area contributed by atoms with Crippen LogP contribution in [0.5, 0.6) is 0 Å². The highest BCUT2D eigenvalue weighted by Gasteiger charge is 2.24. The molecule has 1 atom stereocenters. The van der Waals surface area contributed by atoms with Crippen LogP contribution in [-0.4, -0.2) is 26.8 Å². The van der Waals surface area contributed by atoms with Gasteiger partial charge in [-0.15, -0.1) is 0 Å². The number of ether oxygens (including phenoxy) is 1. The maximum atomic E-state index is 13.0. The van der Waals surface area contributed by atoms with E-state index < -0.39 is 40.4 Å². The van der Waals surface area contributed by atoms with Crippen molar-refractivity contribution in [3.8, 4) is 0 Å². The number of sulfonamides is 1. The summed E-state index contributed by atoms with van der Waals surface area (Å²) in [4.78, 5) is 23.5. The van der Waals surface area contributed by atoms with Gasteiger partial charge in [-0.1, -0.05) is 18.2 Å². The Bertz CT molecular complexity index is 958. The van der Waals surface area contributed by atoms with Crippen molar-refractivity contribution in [2.45, 2.75) is 24.8 Å². The van der Waals surface area contributed by atoms with E-state index in [9.17, 15) is 22.4 Å². The monoisotopic (exact) mass is 394 g/mol. The van der Waals surface area contributed by atoms with Crippen LogP contribution in [0.25, 0.3) is 0 Å². The van der Waals surface area contributed by atoms with Crippen molar-refractivity contribution in [2.24, 2.45) is 5.73 Å². The maximum absolute atomic E-state index is 13.0. The molecule has 0 aliphatic rings. The number of carbonyl (C=O) groups excluding carboxylic acids is 2. The molecule has 0 bridgehead atoms. The minimum atomic E-state index is -3.94. The van der Waals surface area contributed by atoms with Crippen molar-refractivity contribution >= 4 is 21.9 Å². The van der Waals surface area contributed by atoms with Crippen molar-refractivity contribution in [2.75, 3.05) is 6.54 Å². The molecule has 2 rings (SSSR count). The van der Waals surface area contributed by atoms with Gasteiger partial charge < -0.3 is 10.5 Å². The molecule has 2 aromatic carbocycles. The SMILES string of the molecule is Cc1ccc(S(=O)(=O)NCC(=O)OC(C(N)=O)c2ccc(F)cc2)cc1C. The zero-order valence-electron chi connectivity index (χ0n) is 14.7. The van der Waals surface area contributed by atoms with Crippen LogP contribution in [0.3, 0.4) is 0 Å². The lowest BCUT2D eigenvalue weighted by Crippen LogP contribution is -2.34. The molecule has 0 saturated carbocycles. The molecule has 1 amide bonds. The molecule has 27 heavy (non-hydrogen) atoms. The number of nitrogens with one attached hydrogen (secondary N) is 1. The third-order valence-electron chi connectivity index (χ3n) is 3.88. The Hall–Kier alpha value is -2.78. The van der Waals surface area contributed by atoms with Gasteiger partial charge in [-0.05, 0) is 49.2 Å². The molecule has 1 unspecified atom stereocenters. The molecule has 0 aromatic heterocycles. The zero-order valence-corrected chi connectivity index (χ0v) is 15.5. The molecule has 7 nitrogen and oxygen atoms in total. The third-order valence-corrected chi connectivity index (χ3v) is 5.27. The van der Waals surface area contributed by atoms with Crippen LogP contribution in [0.2, 0.25) is 0 Å². The first-order valence-electron chi connectivity index (χ1n) is 7.91. The van der Waals surface area contributed by atoms with Crippen molar-refractivity contribution in [1.29, 1.82) is 0 Å². The van der Waals surface area contributed by atoms with Gasteiger partial charge in [0.25, 0.3) is 5.91 Å². The van der Waals surface area contributed by atoms with Crippen molar-refractivity contribution in [3.05, 3.63) is 65.0 Å². The van der Waals surface area contributed by atoms with Gasteiger partial charge in [0.05, 0.1) is 4.90 Å². The Kier molecular flexibility index (Phi) is 6.29. The predicted molar refractivity (Wildman–Crippen MR) is 95.5 cm³/mol. The maximum Gasteiger partial charge on any atom is 0.322 e. The molecule has 0 radical (unpaired) electrons. The topological polar surface area (TPSA) is 116 Å². The minimum Gasteiger partial charge on any atom is -0.446 e. The second kappa shape index (κ2) is 8.28. The molecule has 144 valence electrons.